The molecule has 19 heavy (non-hydrogen) atoms. The van der Waals surface area contributed by atoms with E-state index in [4.69, 9.17) is 0 Å². The summed E-state index contributed by atoms with van der Waals surface area (Å²) in [6.07, 6.45) is 2.62. The molecule has 1 heterocycles. The first-order valence-electron chi connectivity index (χ1n) is 6.84. The van der Waals surface area contributed by atoms with Crippen LogP contribution in [0.3, 0.4) is 0 Å². The van der Waals surface area contributed by atoms with Crippen molar-refractivity contribution in [2.24, 2.45) is 4.99 Å². The van der Waals surface area contributed by atoms with Gasteiger partial charge in [-0.05, 0) is 31.1 Å². The number of rotatable bonds is 4. The predicted octanol–water partition coefficient (Wildman–Crippen LogP) is 2.64. The lowest BCUT2D eigenvalue weighted by Gasteiger charge is -2.24. The lowest BCUT2D eigenvalue weighted by atomic mass is 10.1. The van der Waals surface area contributed by atoms with Crippen molar-refractivity contribution in [2.75, 3.05) is 19.3 Å². The minimum absolute atomic E-state index is 0.365. The van der Waals surface area contributed by atoms with Gasteiger partial charge in [-0.1, -0.05) is 30.3 Å². The molecule has 0 bridgehead atoms. The maximum Gasteiger partial charge on any atom is 0.191 e. The molecule has 1 aliphatic heterocycles. The molecule has 0 radical (unpaired) electrons. The highest BCUT2D eigenvalue weighted by Crippen LogP contribution is 2.36. The van der Waals surface area contributed by atoms with Crippen molar-refractivity contribution in [1.82, 2.24) is 10.6 Å². The summed E-state index contributed by atoms with van der Waals surface area (Å²) in [5.74, 6) is 2.17. The summed E-state index contributed by atoms with van der Waals surface area (Å²) in [6, 6.07) is 10.4. The molecule has 0 saturated carbocycles. The van der Waals surface area contributed by atoms with Crippen LogP contribution in [0.25, 0.3) is 0 Å². The van der Waals surface area contributed by atoms with Gasteiger partial charge in [0.15, 0.2) is 5.96 Å². The Morgan fingerprint density at radius 3 is 2.74 bits per heavy atom. The smallest absolute Gasteiger partial charge is 0.191 e. The summed E-state index contributed by atoms with van der Waals surface area (Å²) in [6.45, 7) is 4.12. The number of benzene rings is 1. The van der Waals surface area contributed by atoms with E-state index in [2.05, 4.69) is 58.6 Å². The summed E-state index contributed by atoms with van der Waals surface area (Å²) >= 11 is 2.07. The summed E-state index contributed by atoms with van der Waals surface area (Å²) in [7, 11) is 1.82. The Hall–Kier alpha value is -1.16. The number of guanidine groups is 1. The van der Waals surface area contributed by atoms with Crippen LogP contribution < -0.4 is 10.6 Å². The van der Waals surface area contributed by atoms with Gasteiger partial charge < -0.3 is 10.6 Å². The molecule has 1 saturated heterocycles. The van der Waals surface area contributed by atoms with Crippen LogP contribution in [-0.4, -0.2) is 30.1 Å². The molecule has 3 nitrogen and oxygen atoms in total. The van der Waals surface area contributed by atoms with Crippen LogP contribution in [0, 0.1) is 0 Å². The van der Waals surface area contributed by atoms with Gasteiger partial charge in [-0.3, -0.25) is 4.99 Å². The lowest BCUT2D eigenvalue weighted by Crippen LogP contribution is -2.43. The Kier molecular flexibility index (Phi) is 5.14. The molecule has 0 aromatic heterocycles. The van der Waals surface area contributed by atoms with E-state index in [0.29, 0.717) is 4.75 Å². The molecule has 2 N–H and O–H groups in total. The summed E-state index contributed by atoms with van der Waals surface area (Å²) in [5, 5.41) is 6.80. The molecule has 1 aliphatic rings. The molecule has 1 unspecified atom stereocenters. The van der Waals surface area contributed by atoms with Crippen molar-refractivity contribution in [3.05, 3.63) is 35.9 Å². The van der Waals surface area contributed by atoms with Crippen LogP contribution >= 0.6 is 11.8 Å². The summed E-state index contributed by atoms with van der Waals surface area (Å²) < 4.78 is 0.365. The maximum absolute atomic E-state index is 4.28. The van der Waals surface area contributed by atoms with Crippen molar-refractivity contribution >= 4 is 17.7 Å². The van der Waals surface area contributed by atoms with Crippen LogP contribution in [0.2, 0.25) is 0 Å². The SMILES string of the molecule is CN=C(NCc1ccccc1)NCC1(C)CCCS1. The molecule has 1 aromatic rings. The van der Waals surface area contributed by atoms with Gasteiger partial charge in [0, 0.05) is 24.9 Å². The second-order valence-corrected chi connectivity index (χ2v) is 6.85. The number of thioether (sulfide) groups is 1. The van der Waals surface area contributed by atoms with Gasteiger partial charge in [0.05, 0.1) is 0 Å². The molecule has 0 amide bonds. The molecule has 1 aromatic carbocycles. The highest BCUT2D eigenvalue weighted by molar-refractivity contribution is 8.00. The first-order valence-corrected chi connectivity index (χ1v) is 7.83. The molecule has 1 fully saturated rings. The first-order chi connectivity index (χ1) is 9.22. The van der Waals surface area contributed by atoms with Gasteiger partial charge in [-0.2, -0.15) is 11.8 Å². The zero-order valence-corrected chi connectivity index (χ0v) is 12.6. The Morgan fingerprint density at radius 1 is 1.32 bits per heavy atom. The number of nitrogens with one attached hydrogen (secondary N) is 2. The first kappa shape index (κ1) is 14.3. The molecular weight excluding hydrogens is 254 g/mol. The summed E-state index contributed by atoms with van der Waals surface area (Å²) in [5.41, 5.74) is 1.27. The van der Waals surface area contributed by atoms with Gasteiger partial charge in [0.25, 0.3) is 0 Å². The Balaban J connectivity index is 1.78. The molecule has 0 aliphatic carbocycles. The van der Waals surface area contributed by atoms with Gasteiger partial charge >= 0.3 is 0 Å². The fourth-order valence-electron chi connectivity index (χ4n) is 2.25. The maximum atomic E-state index is 4.28. The minimum Gasteiger partial charge on any atom is -0.355 e. The molecule has 1 atom stereocenters. The highest BCUT2D eigenvalue weighted by Gasteiger charge is 2.29. The zero-order chi connectivity index (χ0) is 13.6. The number of aliphatic imine (C=N–C) groups is 1. The molecular formula is C15H23N3S. The molecule has 2 rings (SSSR count). The average Bonchev–Trinajstić information content (AvgIpc) is 2.87. The minimum atomic E-state index is 0.365. The number of nitrogens with zero attached hydrogens (tertiary/aromatic N) is 1. The largest absolute Gasteiger partial charge is 0.355 e. The van der Waals surface area contributed by atoms with Crippen molar-refractivity contribution in [3.8, 4) is 0 Å². The van der Waals surface area contributed by atoms with E-state index < -0.39 is 0 Å². The third-order valence-corrected chi connectivity index (χ3v) is 4.99. The molecule has 104 valence electrons. The van der Waals surface area contributed by atoms with Gasteiger partial charge in [-0.15, -0.1) is 0 Å². The summed E-state index contributed by atoms with van der Waals surface area (Å²) in [4.78, 5) is 4.28. The Morgan fingerprint density at radius 2 is 2.11 bits per heavy atom. The predicted molar refractivity (Wildman–Crippen MR) is 84.7 cm³/mol. The van der Waals surface area contributed by atoms with Crippen molar-refractivity contribution in [1.29, 1.82) is 0 Å². The van der Waals surface area contributed by atoms with E-state index in [-0.39, 0.29) is 0 Å². The molecule has 4 heteroatoms. The van der Waals surface area contributed by atoms with Crippen molar-refractivity contribution in [3.63, 3.8) is 0 Å². The van der Waals surface area contributed by atoms with Crippen molar-refractivity contribution < 1.29 is 0 Å². The highest BCUT2D eigenvalue weighted by atomic mass is 32.2. The van der Waals surface area contributed by atoms with Gasteiger partial charge in [0.1, 0.15) is 0 Å². The second kappa shape index (κ2) is 6.85. The van der Waals surface area contributed by atoms with E-state index in [0.717, 1.165) is 19.0 Å². The standard InChI is InChI=1S/C15H23N3S/c1-15(9-6-10-19-15)12-18-14(16-2)17-11-13-7-4-3-5-8-13/h3-5,7-8H,6,9-12H2,1-2H3,(H2,16,17,18). The van der Waals surface area contributed by atoms with E-state index in [1.54, 1.807) is 0 Å². The van der Waals surface area contributed by atoms with Crippen LogP contribution in [0.4, 0.5) is 0 Å². The third kappa shape index (κ3) is 4.46. The Labute approximate surface area is 120 Å². The average molecular weight is 277 g/mol. The van der Waals surface area contributed by atoms with Crippen LogP contribution in [0.5, 0.6) is 0 Å². The topological polar surface area (TPSA) is 36.4 Å². The number of hydrogen-bond donors (Lipinski definition) is 2. The quantitative estimate of drug-likeness (QED) is 0.656. The zero-order valence-electron chi connectivity index (χ0n) is 11.8. The monoisotopic (exact) mass is 277 g/mol. The lowest BCUT2D eigenvalue weighted by molar-refractivity contribution is 0.584. The van der Waals surface area contributed by atoms with E-state index in [1.807, 2.05) is 13.1 Å². The van der Waals surface area contributed by atoms with Crippen molar-refractivity contribution in [2.45, 2.75) is 31.1 Å². The Bertz CT molecular complexity index is 411. The van der Waals surface area contributed by atoms with Crippen LogP contribution in [0.15, 0.2) is 35.3 Å². The second-order valence-electron chi connectivity index (χ2n) is 5.17. The third-order valence-electron chi connectivity index (χ3n) is 3.46. The number of hydrogen-bond acceptors (Lipinski definition) is 2. The van der Waals surface area contributed by atoms with E-state index >= 15 is 0 Å². The normalized spacial score (nSPS) is 23.4. The molecule has 0 spiro atoms. The van der Waals surface area contributed by atoms with Gasteiger partial charge in [0.2, 0.25) is 0 Å². The van der Waals surface area contributed by atoms with Crippen LogP contribution in [0.1, 0.15) is 25.3 Å². The van der Waals surface area contributed by atoms with E-state index in [9.17, 15) is 0 Å². The fraction of sp³-hybridized carbons (Fsp3) is 0.533. The fourth-order valence-corrected chi connectivity index (χ4v) is 3.49. The van der Waals surface area contributed by atoms with E-state index in [1.165, 1.54) is 24.2 Å². The van der Waals surface area contributed by atoms with Crippen LogP contribution in [-0.2, 0) is 6.54 Å². The van der Waals surface area contributed by atoms with Gasteiger partial charge in [-0.25, -0.2) is 0 Å².